The summed E-state index contributed by atoms with van der Waals surface area (Å²) in [6.45, 7) is 0.566. The topological polar surface area (TPSA) is 70.2 Å². The molecule has 2 aliphatic carbocycles. The minimum absolute atomic E-state index is 0.0997. The van der Waals surface area contributed by atoms with Crippen LogP contribution in [-0.2, 0) is 4.79 Å². The standard InChI is InChI=1S/C12H21N3O2/c16-11(14-10-6-7-10)5-2-8-13-12(17)15-9-3-1-4-9/h9-10H,1-8H2,(H,14,16)(H2,13,15,17). The molecule has 3 N–H and O–H groups in total. The molecule has 5 heteroatoms. The van der Waals surface area contributed by atoms with E-state index in [1.165, 1.54) is 6.42 Å². The molecule has 5 nitrogen and oxygen atoms in total. The van der Waals surface area contributed by atoms with Crippen LogP contribution in [0.3, 0.4) is 0 Å². The number of amides is 3. The highest BCUT2D eigenvalue weighted by atomic mass is 16.2. The summed E-state index contributed by atoms with van der Waals surface area (Å²) in [7, 11) is 0. The van der Waals surface area contributed by atoms with E-state index in [0.717, 1.165) is 25.7 Å². The molecule has 0 bridgehead atoms. The van der Waals surface area contributed by atoms with Crippen molar-refractivity contribution in [1.82, 2.24) is 16.0 Å². The fraction of sp³-hybridized carbons (Fsp3) is 0.833. The van der Waals surface area contributed by atoms with Gasteiger partial charge in [0.15, 0.2) is 0 Å². The van der Waals surface area contributed by atoms with E-state index in [0.29, 0.717) is 31.5 Å². The molecular formula is C12H21N3O2. The molecule has 3 amide bonds. The highest BCUT2D eigenvalue weighted by Gasteiger charge is 2.22. The third kappa shape index (κ3) is 4.63. The lowest BCUT2D eigenvalue weighted by Crippen LogP contribution is -2.45. The van der Waals surface area contributed by atoms with Crippen molar-refractivity contribution < 1.29 is 9.59 Å². The van der Waals surface area contributed by atoms with Gasteiger partial charge in [-0.05, 0) is 38.5 Å². The quantitative estimate of drug-likeness (QED) is 0.603. The molecule has 96 valence electrons. The molecule has 0 heterocycles. The fourth-order valence-electron chi connectivity index (χ4n) is 1.77. The van der Waals surface area contributed by atoms with E-state index in [-0.39, 0.29) is 11.9 Å². The Balaban J connectivity index is 1.44. The van der Waals surface area contributed by atoms with Gasteiger partial charge in [0.2, 0.25) is 5.91 Å². The van der Waals surface area contributed by atoms with Gasteiger partial charge in [0.1, 0.15) is 0 Å². The third-order valence-electron chi connectivity index (χ3n) is 3.25. The van der Waals surface area contributed by atoms with Crippen molar-refractivity contribution in [3.8, 4) is 0 Å². The van der Waals surface area contributed by atoms with Gasteiger partial charge in [0, 0.05) is 25.0 Å². The minimum Gasteiger partial charge on any atom is -0.353 e. The molecule has 2 rings (SSSR count). The Hall–Kier alpha value is -1.26. The van der Waals surface area contributed by atoms with Gasteiger partial charge >= 0.3 is 6.03 Å². The lowest BCUT2D eigenvalue weighted by atomic mass is 9.93. The molecule has 0 atom stereocenters. The van der Waals surface area contributed by atoms with Crippen LogP contribution >= 0.6 is 0 Å². The zero-order valence-electron chi connectivity index (χ0n) is 10.1. The van der Waals surface area contributed by atoms with Crippen LogP contribution in [0.4, 0.5) is 4.79 Å². The second kappa shape index (κ2) is 5.89. The van der Waals surface area contributed by atoms with Gasteiger partial charge in [0.05, 0.1) is 0 Å². The smallest absolute Gasteiger partial charge is 0.315 e. The maximum Gasteiger partial charge on any atom is 0.315 e. The van der Waals surface area contributed by atoms with E-state index in [1.54, 1.807) is 0 Å². The number of carbonyl (C=O) groups is 2. The Bertz CT molecular complexity index is 285. The molecule has 0 spiro atoms. The minimum atomic E-state index is -0.0997. The zero-order chi connectivity index (χ0) is 12.1. The number of nitrogens with one attached hydrogen (secondary N) is 3. The number of hydrogen-bond donors (Lipinski definition) is 3. The summed E-state index contributed by atoms with van der Waals surface area (Å²) in [5.74, 6) is 0.105. The first kappa shape index (κ1) is 12.2. The van der Waals surface area contributed by atoms with Crippen LogP contribution in [0.1, 0.15) is 44.9 Å². The van der Waals surface area contributed by atoms with Gasteiger partial charge in [-0.3, -0.25) is 4.79 Å². The lowest BCUT2D eigenvalue weighted by molar-refractivity contribution is -0.121. The van der Waals surface area contributed by atoms with Gasteiger partial charge in [0.25, 0.3) is 0 Å². The van der Waals surface area contributed by atoms with Crippen LogP contribution in [0, 0.1) is 0 Å². The van der Waals surface area contributed by atoms with Crippen LogP contribution in [0.15, 0.2) is 0 Å². The molecule has 0 saturated heterocycles. The van der Waals surface area contributed by atoms with E-state index in [1.807, 2.05) is 0 Å². The second-order valence-electron chi connectivity index (χ2n) is 4.97. The molecule has 0 unspecified atom stereocenters. The number of carbonyl (C=O) groups excluding carboxylic acids is 2. The predicted octanol–water partition coefficient (Wildman–Crippen LogP) is 0.897. The van der Waals surface area contributed by atoms with Gasteiger partial charge in [-0.2, -0.15) is 0 Å². The van der Waals surface area contributed by atoms with Crippen LogP contribution < -0.4 is 16.0 Å². The molecule has 17 heavy (non-hydrogen) atoms. The summed E-state index contributed by atoms with van der Waals surface area (Å²) in [6, 6.07) is 0.697. The van der Waals surface area contributed by atoms with Gasteiger partial charge in [-0.1, -0.05) is 0 Å². The van der Waals surface area contributed by atoms with Crippen molar-refractivity contribution in [2.75, 3.05) is 6.54 Å². The Morgan fingerprint density at radius 1 is 1.00 bits per heavy atom. The van der Waals surface area contributed by atoms with Crippen molar-refractivity contribution in [2.45, 2.75) is 57.0 Å². The van der Waals surface area contributed by atoms with Crippen molar-refractivity contribution in [3.05, 3.63) is 0 Å². The SMILES string of the molecule is O=C(CCCNC(=O)NC1CCC1)NC1CC1. The average molecular weight is 239 g/mol. The third-order valence-corrected chi connectivity index (χ3v) is 3.25. The van der Waals surface area contributed by atoms with E-state index in [2.05, 4.69) is 16.0 Å². The number of hydrogen-bond acceptors (Lipinski definition) is 2. The fourth-order valence-corrected chi connectivity index (χ4v) is 1.77. The summed E-state index contributed by atoms with van der Waals surface area (Å²) in [6.07, 6.45) is 6.85. The van der Waals surface area contributed by atoms with Crippen LogP contribution in [-0.4, -0.2) is 30.6 Å². The lowest BCUT2D eigenvalue weighted by Gasteiger charge is -2.26. The first-order valence-corrected chi connectivity index (χ1v) is 6.58. The summed E-state index contributed by atoms with van der Waals surface area (Å²) in [4.78, 5) is 22.7. The number of rotatable bonds is 6. The average Bonchev–Trinajstić information content (AvgIpc) is 3.02. The molecule has 0 aromatic rings. The Morgan fingerprint density at radius 3 is 2.29 bits per heavy atom. The molecule has 0 aromatic carbocycles. The largest absolute Gasteiger partial charge is 0.353 e. The van der Waals surface area contributed by atoms with Gasteiger partial charge < -0.3 is 16.0 Å². The first-order chi connectivity index (χ1) is 8.24. The highest BCUT2D eigenvalue weighted by molar-refractivity contribution is 5.77. The van der Waals surface area contributed by atoms with Crippen LogP contribution in [0.5, 0.6) is 0 Å². The maximum absolute atomic E-state index is 11.4. The summed E-state index contributed by atoms with van der Waals surface area (Å²) < 4.78 is 0. The predicted molar refractivity (Wildman–Crippen MR) is 64.6 cm³/mol. The monoisotopic (exact) mass is 239 g/mol. The van der Waals surface area contributed by atoms with Crippen molar-refractivity contribution >= 4 is 11.9 Å². The normalized spacial score (nSPS) is 19.3. The molecule has 2 fully saturated rings. The van der Waals surface area contributed by atoms with Crippen molar-refractivity contribution in [3.63, 3.8) is 0 Å². The number of urea groups is 1. The maximum atomic E-state index is 11.4. The van der Waals surface area contributed by atoms with E-state index in [4.69, 9.17) is 0 Å². The summed E-state index contributed by atoms with van der Waals surface area (Å²) >= 11 is 0. The molecular weight excluding hydrogens is 218 g/mol. The second-order valence-corrected chi connectivity index (χ2v) is 4.97. The highest BCUT2D eigenvalue weighted by Crippen LogP contribution is 2.18. The summed E-state index contributed by atoms with van der Waals surface area (Å²) in [5.41, 5.74) is 0. The van der Waals surface area contributed by atoms with Crippen LogP contribution in [0.2, 0.25) is 0 Å². The summed E-state index contributed by atoms with van der Waals surface area (Å²) in [5, 5.41) is 8.60. The molecule has 2 aliphatic rings. The molecule has 0 aromatic heterocycles. The Labute approximate surface area is 102 Å². The molecule has 0 aliphatic heterocycles. The Kier molecular flexibility index (Phi) is 4.23. The van der Waals surface area contributed by atoms with E-state index >= 15 is 0 Å². The van der Waals surface area contributed by atoms with Gasteiger partial charge in [-0.15, -0.1) is 0 Å². The van der Waals surface area contributed by atoms with Crippen LogP contribution in [0.25, 0.3) is 0 Å². The Morgan fingerprint density at radius 2 is 1.71 bits per heavy atom. The van der Waals surface area contributed by atoms with Crippen molar-refractivity contribution in [1.29, 1.82) is 0 Å². The molecule has 2 saturated carbocycles. The zero-order valence-corrected chi connectivity index (χ0v) is 10.1. The first-order valence-electron chi connectivity index (χ1n) is 6.58. The molecule has 0 radical (unpaired) electrons. The van der Waals surface area contributed by atoms with E-state index < -0.39 is 0 Å². The van der Waals surface area contributed by atoms with Gasteiger partial charge in [-0.25, -0.2) is 4.79 Å². The van der Waals surface area contributed by atoms with E-state index in [9.17, 15) is 9.59 Å². The van der Waals surface area contributed by atoms with Crippen molar-refractivity contribution in [2.24, 2.45) is 0 Å².